The number of pyridine rings is 1. The van der Waals surface area contributed by atoms with Crippen LogP contribution in [0.5, 0.6) is 0 Å². The first kappa shape index (κ1) is 19.2. The van der Waals surface area contributed by atoms with Crippen molar-refractivity contribution in [1.29, 1.82) is 5.26 Å². The van der Waals surface area contributed by atoms with E-state index in [0.29, 0.717) is 23.1 Å². The number of nitrogens with one attached hydrogen (secondary N) is 2. The summed E-state index contributed by atoms with van der Waals surface area (Å²) < 4.78 is 39.3. The molecule has 1 aliphatic rings. The van der Waals surface area contributed by atoms with Crippen molar-refractivity contribution < 1.29 is 13.2 Å². The molecule has 3 aromatic rings. The maximum Gasteiger partial charge on any atom is 0.417 e. The lowest BCUT2D eigenvalue weighted by Gasteiger charge is -2.21. The van der Waals surface area contributed by atoms with E-state index in [9.17, 15) is 18.4 Å². The van der Waals surface area contributed by atoms with Crippen LogP contribution in [-0.4, -0.2) is 26.5 Å². The second kappa shape index (κ2) is 7.70. The SMILES string of the molecule is N#Cc1cnc(NCC2CCCCC2)nc1-c1c[nH]c2ncc(C(F)(F)F)cc12. The van der Waals surface area contributed by atoms with Gasteiger partial charge < -0.3 is 10.3 Å². The molecule has 0 radical (unpaired) electrons. The molecule has 2 N–H and O–H groups in total. The van der Waals surface area contributed by atoms with Crippen LogP contribution in [-0.2, 0) is 6.18 Å². The molecule has 0 aromatic carbocycles. The average molecular weight is 400 g/mol. The fourth-order valence-electron chi connectivity index (χ4n) is 3.74. The van der Waals surface area contributed by atoms with Gasteiger partial charge in [-0.1, -0.05) is 19.3 Å². The van der Waals surface area contributed by atoms with Crippen molar-refractivity contribution in [3.8, 4) is 17.3 Å². The van der Waals surface area contributed by atoms with Crippen LogP contribution in [0.3, 0.4) is 0 Å². The summed E-state index contributed by atoms with van der Waals surface area (Å²) in [6.45, 7) is 0.735. The normalized spacial score (nSPS) is 15.4. The van der Waals surface area contributed by atoms with E-state index in [0.717, 1.165) is 31.6 Å². The van der Waals surface area contributed by atoms with E-state index in [-0.39, 0.29) is 16.6 Å². The summed E-state index contributed by atoms with van der Waals surface area (Å²) in [5.41, 5.74) is 0.298. The molecule has 9 heteroatoms. The molecule has 29 heavy (non-hydrogen) atoms. The van der Waals surface area contributed by atoms with Gasteiger partial charge in [0.15, 0.2) is 0 Å². The maximum absolute atomic E-state index is 13.1. The van der Waals surface area contributed by atoms with Crippen LogP contribution < -0.4 is 5.32 Å². The number of hydrogen-bond acceptors (Lipinski definition) is 5. The Kier molecular flexibility index (Phi) is 5.09. The van der Waals surface area contributed by atoms with Gasteiger partial charge >= 0.3 is 6.18 Å². The predicted molar refractivity (Wildman–Crippen MR) is 102 cm³/mol. The summed E-state index contributed by atoms with van der Waals surface area (Å²) in [7, 11) is 0. The summed E-state index contributed by atoms with van der Waals surface area (Å²) in [4.78, 5) is 15.3. The van der Waals surface area contributed by atoms with Crippen LogP contribution >= 0.6 is 0 Å². The Balaban J connectivity index is 1.69. The van der Waals surface area contributed by atoms with Crippen LogP contribution in [0, 0.1) is 17.2 Å². The zero-order valence-corrected chi connectivity index (χ0v) is 15.6. The van der Waals surface area contributed by atoms with Gasteiger partial charge in [0.25, 0.3) is 0 Å². The van der Waals surface area contributed by atoms with Crippen molar-refractivity contribution in [3.63, 3.8) is 0 Å². The lowest BCUT2D eigenvalue weighted by Crippen LogP contribution is -2.18. The van der Waals surface area contributed by atoms with Crippen LogP contribution in [0.1, 0.15) is 43.2 Å². The molecule has 3 heterocycles. The molecule has 150 valence electrons. The molecule has 0 unspecified atom stereocenters. The summed E-state index contributed by atoms with van der Waals surface area (Å²) in [6.07, 6.45) is 5.21. The number of halogens is 3. The molecule has 1 saturated carbocycles. The van der Waals surface area contributed by atoms with Gasteiger partial charge in [0, 0.05) is 29.9 Å². The van der Waals surface area contributed by atoms with Crippen LogP contribution in [0.4, 0.5) is 19.1 Å². The smallest absolute Gasteiger partial charge is 0.354 e. The van der Waals surface area contributed by atoms with Gasteiger partial charge in [-0.05, 0) is 24.8 Å². The largest absolute Gasteiger partial charge is 0.417 e. The zero-order chi connectivity index (χ0) is 20.4. The Labute approximate surface area is 165 Å². The van der Waals surface area contributed by atoms with Gasteiger partial charge in [-0.3, -0.25) is 0 Å². The Morgan fingerprint density at radius 3 is 2.69 bits per heavy atom. The highest BCUT2D eigenvalue weighted by molar-refractivity contribution is 5.94. The highest BCUT2D eigenvalue weighted by Gasteiger charge is 2.31. The fourth-order valence-corrected chi connectivity index (χ4v) is 3.74. The van der Waals surface area contributed by atoms with E-state index < -0.39 is 11.7 Å². The Bertz CT molecular complexity index is 1060. The monoisotopic (exact) mass is 400 g/mol. The Hall–Kier alpha value is -3.15. The average Bonchev–Trinajstić information content (AvgIpc) is 3.15. The van der Waals surface area contributed by atoms with Crippen LogP contribution in [0.15, 0.2) is 24.7 Å². The van der Waals surface area contributed by atoms with E-state index in [4.69, 9.17) is 0 Å². The Morgan fingerprint density at radius 2 is 1.97 bits per heavy atom. The minimum Gasteiger partial charge on any atom is -0.354 e. The third kappa shape index (κ3) is 4.01. The molecule has 3 aromatic heterocycles. The second-order valence-electron chi connectivity index (χ2n) is 7.27. The molecule has 0 atom stereocenters. The van der Waals surface area contributed by atoms with E-state index in [1.807, 2.05) is 6.07 Å². The first-order valence-corrected chi connectivity index (χ1v) is 9.51. The number of fused-ring (bicyclic) bond motifs is 1. The highest BCUT2D eigenvalue weighted by atomic mass is 19.4. The fraction of sp³-hybridized carbons (Fsp3) is 0.400. The molecule has 1 aliphatic carbocycles. The number of anilines is 1. The van der Waals surface area contributed by atoms with Crippen molar-refractivity contribution in [2.45, 2.75) is 38.3 Å². The number of nitriles is 1. The van der Waals surface area contributed by atoms with E-state index in [1.54, 1.807) is 0 Å². The van der Waals surface area contributed by atoms with Gasteiger partial charge in [-0.25, -0.2) is 15.0 Å². The molecule has 0 aliphatic heterocycles. The molecule has 4 rings (SSSR count). The molecular formula is C20H19F3N6. The number of aromatic amines is 1. The third-order valence-corrected chi connectivity index (χ3v) is 5.30. The second-order valence-corrected chi connectivity index (χ2v) is 7.27. The van der Waals surface area contributed by atoms with Gasteiger partial charge in [0.2, 0.25) is 5.95 Å². The molecular weight excluding hydrogens is 381 g/mol. The first-order valence-electron chi connectivity index (χ1n) is 9.51. The van der Waals surface area contributed by atoms with Crippen molar-refractivity contribution in [3.05, 3.63) is 35.8 Å². The number of nitrogens with zero attached hydrogens (tertiary/aromatic N) is 4. The Morgan fingerprint density at radius 1 is 1.17 bits per heavy atom. The van der Waals surface area contributed by atoms with Gasteiger partial charge in [0.05, 0.1) is 23.0 Å². The topological polar surface area (TPSA) is 90.3 Å². The molecule has 1 fully saturated rings. The summed E-state index contributed by atoms with van der Waals surface area (Å²) >= 11 is 0. The van der Waals surface area contributed by atoms with Gasteiger partial charge in [-0.2, -0.15) is 18.4 Å². The highest BCUT2D eigenvalue weighted by Crippen LogP contribution is 2.34. The lowest BCUT2D eigenvalue weighted by molar-refractivity contribution is -0.137. The maximum atomic E-state index is 13.1. The van der Waals surface area contributed by atoms with Crippen molar-refractivity contribution in [2.24, 2.45) is 5.92 Å². The lowest BCUT2D eigenvalue weighted by atomic mass is 9.89. The van der Waals surface area contributed by atoms with E-state index in [1.165, 1.54) is 31.7 Å². The van der Waals surface area contributed by atoms with Crippen LogP contribution in [0.2, 0.25) is 0 Å². The number of alkyl halides is 3. The third-order valence-electron chi connectivity index (χ3n) is 5.30. The molecule has 0 saturated heterocycles. The molecule has 6 nitrogen and oxygen atoms in total. The van der Waals surface area contributed by atoms with Gasteiger partial charge in [-0.15, -0.1) is 0 Å². The number of aromatic nitrogens is 4. The van der Waals surface area contributed by atoms with E-state index in [2.05, 4.69) is 25.3 Å². The van der Waals surface area contributed by atoms with E-state index >= 15 is 0 Å². The summed E-state index contributed by atoms with van der Waals surface area (Å²) in [6, 6.07) is 3.04. The number of H-pyrrole nitrogens is 1. The first-order chi connectivity index (χ1) is 14.0. The minimum atomic E-state index is -4.51. The predicted octanol–water partition coefficient (Wildman–Crippen LogP) is 4.90. The summed E-state index contributed by atoms with van der Waals surface area (Å²) in [5.74, 6) is 0.914. The summed E-state index contributed by atoms with van der Waals surface area (Å²) in [5, 5.41) is 12.9. The van der Waals surface area contributed by atoms with Crippen LogP contribution in [0.25, 0.3) is 22.3 Å². The minimum absolute atomic E-state index is 0.187. The quantitative estimate of drug-likeness (QED) is 0.650. The zero-order valence-electron chi connectivity index (χ0n) is 15.6. The number of hydrogen-bond donors (Lipinski definition) is 2. The molecule has 0 bridgehead atoms. The molecule has 0 amide bonds. The van der Waals surface area contributed by atoms with Crippen molar-refractivity contribution in [2.75, 3.05) is 11.9 Å². The molecule has 0 spiro atoms. The van der Waals surface area contributed by atoms with Crippen molar-refractivity contribution in [1.82, 2.24) is 19.9 Å². The standard InChI is InChI=1S/C20H19F3N6/c21-20(22,23)14-6-15-16(11-26-18(15)25-10-14)17-13(7-24)9-28-19(29-17)27-8-12-4-2-1-3-5-12/h6,9-12H,1-5,8H2,(H,25,26)(H,27,28,29). The number of rotatable bonds is 4. The van der Waals surface area contributed by atoms with Gasteiger partial charge in [0.1, 0.15) is 11.7 Å². The van der Waals surface area contributed by atoms with Crippen molar-refractivity contribution >= 4 is 17.0 Å².